The molecule has 0 bridgehead atoms. The van der Waals surface area contributed by atoms with Crippen LogP contribution in [0, 0.1) is 0 Å². The summed E-state index contributed by atoms with van der Waals surface area (Å²) in [5, 5.41) is 0. The fraction of sp³-hybridized carbons (Fsp3) is 1.00. The van der Waals surface area contributed by atoms with Crippen LogP contribution in [0.4, 0.5) is 0 Å². The van der Waals surface area contributed by atoms with E-state index in [2.05, 4.69) is 53.0 Å². The highest BCUT2D eigenvalue weighted by Crippen LogP contribution is 2.41. The molecule has 0 rings (SSSR count). The van der Waals surface area contributed by atoms with E-state index in [4.69, 9.17) is 25.9 Å². The minimum Gasteiger partial charge on any atom is -0.393 e. The Kier molecular flexibility index (Phi) is 12.4. The third-order valence-electron chi connectivity index (χ3n) is 4.32. The molecule has 0 aromatic carbocycles. The maximum Gasteiger partial charge on any atom is 0.492 e. The topological polar surface area (TPSA) is 55.4 Å². The molecule has 0 radical (unpaired) electrons. The monoisotopic (exact) mass is 448 g/mol. The molecule has 0 aliphatic heterocycles. The van der Waals surface area contributed by atoms with E-state index >= 15 is 0 Å². The van der Waals surface area contributed by atoms with E-state index < -0.39 is 26.2 Å². The first kappa shape index (κ1) is 26.1. The second-order valence-electron chi connectivity index (χ2n) is 6.36. The number of thiol groups is 2. The van der Waals surface area contributed by atoms with Crippen LogP contribution in [0.2, 0.25) is 23.2 Å². The Morgan fingerprint density at radius 2 is 0.920 bits per heavy atom. The first-order valence-corrected chi connectivity index (χ1v) is 15.6. The third kappa shape index (κ3) is 6.59. The van der Waals surface area contributed by atoms with E-state index in [0.29, 0.717) is 23.6 Å². The van der Waals surface area contributed by atoms with Gasteiger partial charge < -0.3 is 25.9 Å². The Morgan fingerprint density at radius 1 is 0.640 bits per heavy atom. The third-order valence-corrected chi connectivity index (χ3v) is 18.1. The summed E-state index contributed by atoms with van der Waals surface area (Å²) in [7, 11) is -2.11. The Morgan fingerprint density at radius 3 is 1.08 bits per heavy atom. The summed E-state index contributed by atoms with van der Waals surface area (Å²) in [5.74, 6) is 1.23. The molecule has 11 heteroatoms. The highest BCUT2D eigenvalue weighted by Gasteiger charge is 2.59. The first-order valence-electron chi connectivity index (χ1n) is 8.49. The van der Waals surface area contributed by atoms with E-state index in [0.717, 1.165) is 0 Å². The van der Waals surface area contributed by atoms with E-state index in [1.54, 1.807) is 28.4 Å². The Bertz CT molecular complexity index is 334. The molecule has 0 saturated heterocycles. The van der Waals surface area contributed by atoms with Crippen LogP contribution in [0.3, 0.4) is 0 Å². The van der Waals surface area contributed by atoms with Crippen molar-refractivity contribution in [2.45, 2.75) is 50.9 Å². The molecule has 0 aliphatic carbocycles. The molecule has 0 fully saturated rings. The van der Waals surface area contributed by atoms with E-state index in [-0.39, 0.29) is 11.1 Å². The molecular weight excluding hydrogens is 413 g/mol. The Balaban J connectivity index is 6.03. The van der Waals surface area contributed by atoms with Crippen LogP contribution in [-0.2, 0) is 25.9 Å². The van der Waals surface area contributed by atoms with Gasteiger partial charge in [-0.3, -0.25) is 0 Å². The van der Waals surface area contributed by atoms with Gasteiger partial charge in [-0.15, -0.1) is 0 Å². The van der Waals surface area contributed by atoms with Crippen molar-refractivity contribution in [2.75, 3.05) is 39.9 Å². The zero-order valence-corrected chi connectivity index (χ0v) is 21.6. The van der Waals surface area contributed by atoms with Gasteiger partial charge >= 0.3 is 26.2 Å². The van der Waals surface area contributed by atoms with E-state index in [1.165, 1.54) is 0 Å². The normalized spacial score (nSPS) is 13.9. The van der Waals surface area contributed by atoms with Gasteiger partial charge in [0.25, 0.3) is 0 Å². The second kappa shape index (κ2) is 11.8. The fourth-order valence-corrected chi connectivity index (χ4v) is 17.8. The number of rotatable bonds is 14. The largest absolute Gasteiger partial charge is 0.492 e. The van der Waals surface area contributed by atoms with Crippen molar-refractivity contribution in [3.63, 3.8) is 0 Å². The molecule has 152 valence electrons. The fourth-order valence-electron chi connectivity index (χ4n) is 2.76. The van der Waals surface area contributed by atoms with Crippen molar-refractivity contribution in [3.8, 4) is 0 Å². The van der Waals surface area contributed by atoms with Crippen molar-refractivity contribution < 1.29 is 25.9 Å². The Labute approximate surface area is 168 Å². The van der Waals surface area contributed by atoms with Gasteiger partial charge in [-0.05, 0) is 22.6 Å². The lowest BCUT2D eigenvalue weighted by Crippen LogP contribution is -2.65. The molecule has 0 aromatic rings. The van der Waals surface area contributed by atoms with E-state index in [1.807, 2.05) is 0 Å². The van der Waals surface area contributed by atoms with Gasteiger partial charge in [0.1, 0.15) is 0 Å². The van der Waals surface area contributed by atoms with Gasteiger partial charge in [-0.25, -0.2) is 0 Å². The van der Waals surface area contributed by atoms with Crippen LogP contribution >= 0.6 is 25.3 Å². The highest BCUT2D eigenvalue weighted by molar-refractivity contribution is 7.80. The molecule has 0 saturated carbocycles. The lowest BCUT2D eigenvalue weighted by Gasteiger charge is -2.46. The molecule has 0 amide bonds. The predicted octanol–water partition coefficient (Wildman–Crippen LogP) is 3.60. The summed E-state index contributed by atoms with van der Waals surface area (Å²) in [6.07, 6.45) is 0. The molecule has 0 heterocycles. The van der Waals surface area contributed by atoms with Crippen molar-refractivity contribution in [3.05, 3.63) is 0 Å². The second-order valence-corrected chi connectivity index (χ2v) is 18.0. The van der Waals surface area contributed by atoms with Crippen molar-refractivity contribution >= 4 is 51.4 Å². The van der Waals surface area contributed by atoms with Crippen LogP contribution in [-0.4, -0.2) is 66.1 Å². The van der Waals surface area contributed by atoms with Gasteiger partial charge in [0.2, 0.25) is 0 Å². The summed E-state index contributed by atoms with van der Waals surface area (Å²) >= 11 is 8.70. The summed E-state index contributed by atoms with van der Waals surface area (Å²) in [6, 6.07) is 1.23. The minimum absolute atomic E-state index is 0.154. The lowest BCUT2D eigenvalue weighted by atomic mass is 10.5. The molecule has 0 spiro atoms. The van der Waals surface area contributed by atoms with Gasteiger partial charge in [0.05, 0.1) is 0 Å². The van der Waals surface area contributed by atoms with Crippen molar-refractivity contribution in [1.82, 2.24) is 0 Å². The van der Waals surface area contributed by atoms with Crippen molar-refractivity contribution in [2.24, 2.45) is 0 Å². The van der Waals surface area contributed by atoms with Gasteiger partial charge in [-0.1, -0.05) is 27.7 Å². The average Bonchev–Trinajstić information content (AvgIpc) is 2.59. The summed E-state index contributed by atoms with van der Waals surface area (Å²) in [6.45, 7) is 8.45. The molecule has 0 aromatic heterocycles. The summed E-state index contributed by atoms with van der Waals surface area (Å²) in [5.41, 5.74) is 0.309. The number of hydrogen-bond acceptors (Lipinski definition) is 8. The maximum absolute atomic E-state index is 6.70. The SMILES string of the molecule is CO[Si](CCS)(OC)O[Si](O[Si](CCS)(OC)OC)(C(C)C)C(C)C. The first-order chi connectivity index (χ1) is 11.7. The quantitative estimate of drug-likeness (QED) is 0.313. The molecule has 0 aliphatic rings. The zero-order chi connectivity index (χ0) is 19.7. The van der Waals surface area contributed by atoms with Gasteiger partial charge in [0, 0.05) is 40.5 Å². The van der Waals surface area contributed by atoms with Gasteiger partial charge in [0.15, 0.2) is 0 Å². The minimum atomic E-state index is -2.90. The predicted molar refractivity (Wildman–Crippen MR) is 115 cm³/mol. The molecule has 6 nitrogen and oxygen atoms in total. The molecule has 0 atom stereocenters. The molecular formula is C14H36O6S2Si3. The zero-order valence-electron chi connectivity index (χ0n) is 16.8. The van der Waals surface area contributed by atoms with Crippen LogP contribution in [0.5, 0.6) is 0 Å². The molecule has 0 unspecified atom stereocenters. The molecule has 25 heavy (non-hydrogen) atoms. The van der Waals surface area contributed by atoms with Crippen LogP contribution in [0.15, 0.2) is 0 Å². The smallest absolute Gasteiger partial charge is 0.393 e. The van der Waals surface area contributed by atoms with Crippen LogP contribution in [0.25, 0.3) is 0 Å². The van der Waals surface area contributed by atoms with Gasteiger partial charge in [-0.2, -0.15) is 25.3 Å². The lowest BCUT2D eigenvalue weighted by molar-refractivity contribution is 0.108. The maximum atomic E-state index is 6.70. The average molecular weight is 449 g/mol. The highest BCUT2D eigenvalue weighted by atomic mass is 32.1. The number of hydrogen-bond donors (Lipinski definition) is 2. The van der Waals surface area contributed by atoms with Crippen molar-refractivity contribution in [1.29, 1.82) is 0 Å². The summed E-state index contributed by atoms with van der Waals surface area (Å²) in [4.78, 5) is 0. The van der Waals surface area contributed by atoms with E-state index in [9.17, 15) is 0 Å². The van der Waals surface area contributed by atoms with Crippen LogP contribution in [0.1, 0.15) is 27.7 Å². The summed E-state index contributed by atoms with van der Waals surface area (Å²) < 4.78 is 36.4. The Hall–Kier alpha value is 1.11. The standard InChI is InChI=1S/C14H36O6S2Si3/c1-13(2)25(14(3)4,19-23(15-5,16-6)11-9-21)20-24(17-7,18-8)12-10-22/h13-14,21-22H,9-12H2,1-8H3. The van der Waals surface area contributed by atoms with Crippen LogP contribution < -0.4 is 0 Å². The molecule has 0 N–H and O–H groups in total.